The van der Waals surface area contributed by atoms with Crippen LogP contribution >= 0.6 is 15.9 Å². The molecule has 0 unspecified atom stereocenters. The van der Waals surface area contributed by atoms with Crippen molar-refractivity contribution >= 4 is 49.1 Å². The zero-order valence-corrected chi connectivity index (χ0v) is 38.5. The first-order valence-electron chi connectivity index (χ1n) is 22.8. The lowest BCUT2D eigenvalue weighted by atomic mass is 10.2. The summed E-state index contributed by atoms with van der Waals surface area (Å²) in [5.74, 6) is 5.13. The van der Waals surface area contributed by atoms with E-state index in [4.69, 9.17) is 28.4 Å². The molecule has 0 bridgehead atoms. The average molecular weight is 952 g/mol. The number of pyridine rings is 2. The number of H-pyrrole nitrogens is 2. The van der Waals surface area contributed by atoms with Gasteiger partial charge < -0.3 is 53.5 Å². The second kappa shape index (κ2) is 23.3. The third-order valence-corrected chi connectivity index (χ3v) is 12.2. The molecule has 2 saturated heterocycles. The fourth-order valence-corrected chi connectivity index (χ4v) is 8.58. The molecule has 14 nitrogen and oxygen atoms in total. The number of anilines is 2. The Morgan fingerprint density at radius 1 is 0.538 bits per heavy atom. The number of aromatic nitrogens is 2. The van der Waals surface area contributed by atoms with Crippen molar-refractivity contribution in [1.82, 2.24) is 20.2 Å². The van der Waals surface area contributed by atoms with Gasteiger partial charge in [-0.15, -0.1) is 0 Å². The summed E-state index contributed by atoms with van der Waals surface area (Å²) in [6.07, 6.45) is 4.22. The number of alkyl halides is 1. The monoisotopic (exact) mass is 950 g/mol. The van der Waals surface area contributed by atoms with Gasteiger partial charge in [0.05, 0.1) is 35.6 Å². The highest BCUT2D eigenvalue weighted by Gasteiger charge is 2.24. The Bertz CT molecular complexity index is 2570. The largest absolute Gasteiger partial charge is 0.494 e. The first kappa shape index (κ1) is 45.7. The number of rotatable bonds is 13. The molecule has 10 rings (SSSR count). The van der Waals surface area contributed by atoms with Crippen LogP contribution in [-0.4, -0.2) is 119 Å². The van der Waals surface area contributed by atoms with E-state index in [1.54, 1.807) is 6.07 Å². The van der Waals surface area contributed by atoms with Crippen LogP contribution in [0.15, 0.2) is 107 Å². The number of benzene rings is 4. The molecule has 344 valence electrons. The van der Waals surface area contributed by atoms with Crippen molar-refractivity contribution in [3.05, 3.63) is 118 Å². The predicted octanol–water partition coefficient (Wildman–Crippen LogP) is 7.23. The van der Waals surface area contributed by atoms with Gasteiger partial charge in [0.25, 0.3) is 0 Å². The molecule has 4 aliphatic rings. The minimum Gasteiger partial charge on any atom is -0.494 e. The minimum atomic E-state index is -0.0947. The molecule has 0 spiro atoms. The van der Waals surface area contributed by atoms with Crippen LogP contribution in [0.25, 0.3) is 21.8 Å². The maximum atomic E-state index is 11.5. The molecule has 4 aromatic carbocycles. The lowest BCUT2D eigenvalue weighted by molar-refractivity contribution is 0.171. The zero-order chi connectivity index (χ0) is 44.6. The maximum absolute atomic E-state index is 11.5. The summed E-state index contributed by atoms with van der Waals surface area (Å²) in [6.45, 7) is 13.2. The number of hydrogen-bond acceptors (Lipinski definition) is 12. The number of nitrogens with one attached hydrogen (secondary N) is 3. The molecule has 6 heterocycles. The van der Waals surface area contributed by atoms with Gasteiger partial charge in [-0.05, 0) is 104 Å². The second-order valence-corrected chi connectivity index (χ2v) is 16.9. The Morgan fingerprint density at radius 2 is 1.03 bits per heavy atom. The van der Waals surface area contributed by atoms with Crippen LogP contribution in [0.4, 0.5) is 11.4 Å². The van der Waals surface area contributed by atoms with E-state index in [-0.39, 0.29) is 11.1 Å². The van der Waals surface area contributed by atoms with Crippen molar-refractivity contribution in [2.75, 3.05) is 114 Å². The van der Waals surface area contributed by atoms with Gasteiger partial charge in [-0.2, -0.15) is 0 Å². The molecule has 4 aliphatic heterocycles. The molecule has 0 atom stereocenters. The Labute approximate surface area is 387 Å². The van der Waals surface area contributed by atoms with Crippen molar-refractivity contribution in [3.63, 3.8) is 0 Å². The summed E-state index contributed by atoms with van der Waals surface area (Å²) < 4.78 is 34.4. The number of para-hydroxylation sites is 2. The fraction of sp³-hybridized carbons (Fsp3) is 0.400. The van der Waals surface area contributed by atoms with E-state index in [2.05, 4.69) is 58.0 Å². The first-order valence-corrected chi connectivity index (χ1v) is 23.9. The van der Waals surface area contributed by atoms with Gasteiger partial charge in [0.2, 0.25) is 11.1 Å². The third-order valence-electron chi connectivity index (χ3n) is 11.6. The van der Waals surface area contributed by atoms with Gasteiger partial charge >= 0.3 is 0 Å². The summed E-state index contributed by atoms with van der Waals surface area (Å²) in [4.78, 5) is 35.6. The maximum Gasteiger partial charge on any atom is 0.248 e. The van der Waals surface area contributed by atoms with Gasteiger partial charge in [0.15, 0.2) is 23.0 Å². The van der Waals surface area contributed by atoms with E-state index < -0.39 is 0 Å². The number of unbranched alkanes of at least 4 members (excludes halogenated alkanes) is 2. The average Bonchev–Trinajstić information content (AvgIpc) is 3.35. The molecular formula is C50H59BrN6O8. The Morgan fingerprint density at radius 3 is 1.57 bits per heavy atom. The molecule has 0 aliphatic carbocycles. The second-order valence-electron chi connectivity index (χ2n) is 16.1. The number of fused-ring (bicyclic) bond motifs is 4. The molecule has 0 radical (unpaired) electrons. The van der Waals surface area contributed by atoms with E-state index in [1.165, 1.54) is 11.8 Å². The minimum absolute atomic E-state index is 0.0889. The van der Waals surface area contributed by atoms with Gasteiger partial charge in [-0.1, -0.05) is 28.1 Å². The summed E-state index contributed by atoms with van der Waals surface area (Å²) in [5.41, 5.74) is 3.75. The van der Waals surface area contributed by atoms with Crippen LogP contribution in [-0.2, 0) is 0 Å². The van der Waals surface area contributed by atoms with Crippen LogP contribution < -0.4 is 54.7 Å². The third kappa shape index (κ3) is 12.7. The molecule has 65 heavy (non-hydrogen) atoms. The number of ether oxygens (including phenoxy) is 6. The molecular weight excluding hydrogens is 892 g/mol. The lowest BCUT2D eigenvalue weighted by Gasteiger charge is -2.37. The van der Waals surface area contributed by atoms with E-state index >= 15 is 0 Å². The number of halogens is 1. The molecule has 0 saturated carbocycles. The highest BCUT2D eigenvalue weighted by molar-refractivity contribution is 9.09. The quantitative estimate of drug-likeness (QED) is 0.0795. The molecule has 2 fully saturated rings. The highest BCUT2D eigenvalue weighted by Crippen LogP contribution is 2.41. The number of hydrogen-bond donors (Lipinski definition) is 3. The Hall–Kier alpha value is -5.90. The van der Waals surface area contributed by atoms with E-state index in [0.29, 0.717) is 39.6 Å². The Balaban J connectivity index is 0.000000147. The fourth-order valence-electron chi connectivity index (χ4n) is 8.18. The normalized spacial score (nSPS) is 15.6. The van der Waals surface area contributed by atoms with Gasteiger partial charge in [-0.3, -0.25) is 14.5 Å². The summed E-state index contributed by atoms with van der Waals surface area (Å²) >= 11 is 3.38. The number of nitrogens with zero attached hydrogens (tertiary/aromatic N) is 3. The van der Waals surface area contributed by atoms with Crippen LogP contribution in [0, 0.1) is 0 Å². The SMILES string of the molecule is O=c1ccc2ccc(OCCCCBr)cc2[nH]1.O=c1ccc2ccc(OCCCCN3CCN(c4cccc5c4OCCO5)CC3)cc2[nH]1.c1cc2c(c(N3CCNCC3)c1)OCCO2. The van der Waals surface area contributed by atoms with Crippen molar-refractivity contribution in [2.45, 2.75) is 25.7 Å². The topological polar surface area (TPSA) is 143 Å². The summed E-state index contributed by atoms with van der Waals surface area (Å²) in [7, 11) is 0. The smallest absolute Gasteiger partial charge is 0.248 e. The van der Waals surface area contributed by atoms with E-state index in [0.717, 1.165) is 152 Å². The van der Waals surface area contributed by atoms with Gasteiger partial charge in [-0.25, -0.2) is 0 Å². The summed E-state index contributed by atoms with van der Waals surface area (Å²) in [6, 6.07) is 30.5. The molecule has 0 amide bonds. The van der Waals surface area contributed by atoms with Crippen LogP contribution in [0.2, 0.25) is 0 Å². The number of piperazine rings is 2. The zero-order valence-electron chi connectivity index (χ0n) is 36.9. The predicted molar refractivity (Wildman–Crippen MR) is 261 cm³/mol. The highest BCUT2D eigenvalue weighted by atomic mass is 79.9. The molecule has 2 aromatic heterocycles. The molecule has 15 heteroatoms. The first-order chi connectivity index (χ1) is 32.0. The summed E-state index contributed by atoms with van der Waals surface area (Å²) in [5, 5.41) is 6.37. The van der Waals surface area contributed by atoms with Crippen LogP contribution in [0.5, 0.6) is 34.5 Å². The molecule has 6 aromatic rings. The van der Waals surface area contributed by atoms with Crippen molar-refractivity contribution in [1.29, 1.82) is 0 Å². The van der Waals surface area contributed by atoms with Gasteiger partial charge in [0, 0.05) is 82.0 Å². The molecule has 3 N–H and O–H groups in total. The van der Waals surface area contributed by atoms with Crippen molar-refractivity contribution in [3.8, 4) is 34.5 Å². The number of aromatic amines is 2. The van der Waals surface area contributed by atoms with Crippen molar-refractivity contribution in [2.24, 2.45) is 0 Å². The van der Waals surface area contributed by atoms with Gasteiger partial charge in [0.1, 0.15) is 37.9 Å². The van der Waals surface area contributed by atoms with E-state index in [1.807, 2.05) is 72.8 Å². The van der Waals surface area contributed by atoms with E-state index in [9.17, 15) is 9.59 Å². The van der Waals surface area contributed by atoms with Crippen molar-refractivity contribution < 1.29 is 28.4 Å². The van der Waals surface area contributed by atoms with Crippen LogP contribution in [0.3, 0.4) is 0 Å². The Kier molecular flexibility index (Phi) is 16.4. The lowest BCUT2D eigenvalue weighted by Crippen LogP contribution is -2.46. The van der Waals surface area contributed by atoms with Crippen LogP contribution in [0.1, 0.15) is 25.7 Å². The standard InChI is InChI=1S/C25H29N3O4.C13H14BrNO2.C12H16N2O2/c29-24-9-7-19-6-8-20(18-21(19)26-24)30-15-2-1-10-27-11-13-28(14-12-27)22-4-3-5-23-25(22)32-17-16-31-23;14-7-1-2-8-17-11-5-3-10-4-6-13(16)15-12(10)9-11;1-2-10(14-6-4-13-5-7-14)12-11(3-1)15-8-9-16-12/h3-9,18H,1-2,10-17H2,(H,26,29);3-6,9H,1-2,7-8H2,(H,15,16);1-3,13H,4-9H2.